The summed E-state index contributed by atoms with van der Waals surface area (Å²) in [5, 5.41) is 3.64. The lowest BCUT2D eigenvalue weighted by atomic mass is 9.99. The lowest BCUT2D eigenvalue weighted by Gasteiger charge is -2.40. The van der Waals surface area contributed by atoms with E-state index in [2.05, 4.69) is 44.8 Å². The van der Waals surface area contributed by atoms with Crippen LogP contribution < -0.4 is 5.32 Å². The molecule has 0 amide bonds. The smallest absolute Gasteiger partial charge is 0.0127 e. The summed E-state index contributed by atoms with van der Waals surface area (Å²) in [6, 6.07) is 1.40. The maximum absolute atomic E-state index is 3.64. The molecule has 96 valence electrons. The number of hydrogen-bond acceptors (Lipinski definition) is 2. The quantitative estimate of drug-likeness (QED) is 0.792. The van der Waals surface area contributed by atoms with E-state index in [1.807, 2.05) is 0 Å². The molecule has 0 spiro atoms. The summed E-state index contributed by atoms with van der Waals surface area (Å²) in [6.45, 7) is 14.0. The molecule has 0 bridgehead atoms. The molecule has 0 aliphatic carbocycles. The van der Waals surface area contributed by atoms with Gasteiger partial charge in [-0.15, -0.1) is 0 Å². The van der Waals surface area contributed by atoms with Crippen molar-refractivity contribution in [1.29, 1.82) is 0 Å². The van der Waals surface area contributed by atoms with Gasteiger partial charge < -0.3 is 5.32 Å². The molecule has 16 heavy (non-hydrogen) atoms. The molecular weight excluding hydrogens is 196 g/mol. The van der Waals surface area contributed by atoms with Crippen molar-refractivity contribution in [3.8, 4) is 0 Å². The van der Waals surface area contributed by atoms with Crippen LogP contribution in [-0.4, -0.2) is 35.6 Å². The van der Waals surface area contributed by atoms with Crippen LogP contribution in [0.4, 0.5) is 0 Å². The van der Waals surface area contributed by atoms with Crippen LogP contribution >= 0.6 is 0 Å². The molecule has 1 aliphatic rings. The molecule has 1 atom stereocenters. The van der Waals surface area contributed by atoms with E-state index >= 15 is 0 Å². The van der Waals surface area contributed by atoms with Gasteiger partial charge in [0.2, 0.25) is 0 Å². The lowest BCUT2D eigenvalue weighted by molar-refractivity contribution is 0.0918. The van der Waals surface area contributed by atoms with Crippen molar-refractivity contribution in [2.45, 2.75) is 77.9 Å². The van der Waals surface area contributed by atoms with Gasteiger partial charge in [-0.25, -0.2) is 0 Å². The molecule has 1 heterocycles. The van der Waals surface area contributed by atoms with Crippen LogP contribution in [0.1, 0.15) is 60.3 Å². The van der Waals surface area contributed by atoms with Gasteiger partial charge >= 0.3 is 0 Å². The molecule has 1 N–H and O–H groups in total. The molecule has 0 aromatic rings. The summed E-state index contributed by atoms with van der Waals surface area (Å²) in [6.07, 6.45) is 5.45. The first kappa shape index (κ1) is 14.0. The van der Waals surface area contributed by atoms with Gasteiger partial charge in [0.1, 0.15) is 0 Å². The number of nitrogens with one attached hydrogen (secondary N) is 1. The summed E-state index contributed by atoms with van der Waals surface area (Å²) in [5.41, 5.74) is 0.294. The Bertz CT molecular complexity index is 187. The molecule has 1 unspecified atom stereocenters. The molecule has 1 rings (SSSR count). The molecule has 0 radical (unpaired) electrons. The highest BCUT2D eigenvalue weighted by Gasteiger charge is 2.24. The second kappa shape index (κ2) is 6.02. The minimum Gasteiger partial charge on any atom is -0.314 e. The van der Waals surface area contributed by atoms with Crippen LogP contribution in [0.5, 0.6) is 0 Å². The molecule has 0 aromatic heterocycles. The Hall–Kier alpha value is -0.0800. The second-order valence-corrected chi connectivity index (χ2v) is 6.39. The zero-order valence-electron chi connectivity index (χ0n) is 11.8. The summed E-state index contributed by atoms with van der Waals surface area (Å²) in [7, 11) is 0. The molecule has 0 aromatic carbocycles. The fraction of sp³-hybridized carbons (Fsp3) is 1.00. The molecule has 2 heteroatoms. The minimum absolute atomic E-state index is 0.294. The predicted molar refractivity (Wildman–Crippen MR) is 71.9 cm³/mol. The minimum atomic E-state index is 0.294. The highest BCUT2D eigenvalue weighted by atomic mass is 15.2. The Kier molecular flexibility index (Phi) is 5.26. The van der Waals surface area contributed by atoms with Crippen LogP contribution in [0.15, 0.2) is 0 Å². The number of hydrogen-bond donors (Lipinski definition) is 1. The third-order valence-electron chi connectivity index (χ3n) is 3.62. The van der Waals surface area contributed by atoms with Gasteiger partial charge in [-0.3, -0.25) is 4.90 Å². The molecule has 2 nitrogen and oxygen atoms in total. The highest BCUT2D eigenvalue weighted by molar-refractivity contribution is 4.81. The Morgan fingerprint density at radius 2 is 1.94 bits per heavy atom. The maximum Gasteiger partial charge on any atom is 0.0127 e. The van der Waals surface area contributed by atoms with E-state index in [0.717, 1.165) is 6.04 Å². The van der Waals surface area contributed by atoms with Crippen molar-refractivity contribution in [2.75, 3.05) is 13.1 Å². The topological polar surface area (TPSA) is 15.3 Å². The van der Waals surface area contributed by atoms with E-state index in [9.17, 15) is 0 Å². The normalized spacial score (nSPS) is 23.1. The van der Waals surface area contributed by atoms with E-state index < -0.39 is 0 Å². The Balaban J connectivity index is 2.37. The third kappa shape index (κ3) is 4.42. The Morgan fingerprint density at radius 3 is 2.38 bits per heavy atom. The first-order valence-corrected chi connectivity index (χ1v) is 6.91. The van der Waals surface area contributed by atoms with Crippen LogP contribution in [0, 0.1) is 0 Å². The number of rotatable bonds is 4. The fourth-order valence-electron chi connectivity index (χ4n) is 2.83. The zero-order valence-corrected chi connectivity index (χ0v) is 11.8. The number of nitrogens with zero attached hydrogens (tertiary/aromatic N) is 1. The third-order valence-corrected chi connectivity index (χ3v) is 3.62. The van der Waals surface area contributed by atoms with E-state index in [1.54, 1.807) is 0 Å². The first-order chi connectivity index (χ1) is 7.41. The van der Waals surface area contributed by atoms with Gasteiger partial charge in [-0.1, -0.05) is 6.42 Å². The standard InChI is InChI=1S/C14H30N2/c1-12(2)16(14(3,4)5)11-9-13-8-6-7-10-15-13/h12-13,15H,6-11H2,1-5H3. The Morgan fingerprint density at radius 1 is 1.25 bits per heavy atom. The summed E-state index contributed by atoms with van der Waals surface area (Å²) in [4.78, 5) is 2.61. The predicted octanol–water partition coefficient (Wildman–Crippen LogP) is 3.03. The van der Waals surface area contributed by atoms with Gasteiger partial charge in [0.25, 0.3) is 0 Å². The lowest BCUT2D eigenvalue weighted by Crippen LogP contribution is -2.48. The van der Waals surface area contributed by atoms with Crippen LogP contribution in [-0.2, 0) is 0 Å². The van der Waals surface area contributed by atoms with E-state index in [-0.39, 0.29) is 0 Å². The first-order valence-electron chi connectivity index (χ1n) is 6.91. The van der Waals surface area contributed by atoms with Crippen LogP contribution in [0.3, 0.4) is 0 Å². The van der Waals surface area contributed by atoms with Gasteiger partial charge in [0, 0.05) is 24.2 Å². The van der Waals surface area contributed by atoms with Crippen LogP contribution in [0.2, 0.25) is 0 Å². The van der Waals surface area contributed by atoms with Crippen LogP contribution in [0.25, 0.3) is 0 Å². The fourth-order valence-corrected chi connectivity index (χ4v) is 2.83. The number of piperidine rings is 1. The maximum atomic E-state index is 3.64. The van der Waals surface area contributed by atoms with E-state index in [1.165, 1.54) is 38.8 Å². The Labute approximate surface area is 102 Å². The van der Waals surface area contributed by atoms with Crippen molar-refractivity contribution >= 4 is 0 Å². The SMILES string of the molecule is CC(C)N(CCC1CCCCN1)C(C)(C)C. The van der Waals surface area contributed by atoms with Crippen molar-refractivity contribution in [1.82, 2.24) is 10.2 Å². The zero-order chi connectivity index (χ0) is 12.2. The molecule has 1 saturated heterocycles. The van der Waals surface area contributed by atoms with Gasteiger partial charge in [0.15, 0.2) is 0 Å². The second-order valence-electron chi connectivity index (χ2n) is 6.39. The summed E-state index contributed by atoms with van der Waals surface area (Å²) >= 11 is 0. The van der Waals surface area contributed by atoms with Crippen molar-refractivity contribution in [3.05, 3.63) is 0 Å². The van der Waals surface area contributed by atoms with E-state index in [0.29, 0.717) is 11.6 Å². The molecule has 1 aliphatic heterocycles. The monoisotopic (exact) mass is 226 g/mol. The molecule has 1 fully saturated rings. The summed E-state index contributed by atoms with van der Waals surface area (Å²) in [5.74, 6) is 0. The molecule has 0 saturated carbocycles. The summed E-state index contributed by atoms with van der Waals surface area (Å²) < 4.78 is 0. The highest BCUT2D eigenvalue weighted by Crippen LogP contribution is 2.19. The largest absolute Gasteiger partial charge is 0.314 e. The average molecular weight is 226 g/mol. The van der Waals surface area contributed by atoms with Crippen molar-refractivity contribution < 1.29 is 0 Å². The van der Waals surface area contributed by atoms with Gasteiger partial charge in [-0.2, -0.15) is 0 Å². The van der Waals surface area contributed by atoms with Gasteiger partial charge in [-0.05, 0) is 60.4 Å². The van der Waals surface area contributed by atoms with E-state index in [4.69, 9.17) is 0 Å². The van der Waals surface area contributed by atoms with Crippen molar-refractivity contribution in [3.63, 3.8) is 0 Å². The molecular formula is C14H30N2. The van der Waals surface area contributed by atoms with Crippen molar-refractivity contribution in [2.24, 2.45) is 0 Å². The average Bonchev–Trinajstić information content (AvgIpc) is 2.17. The van der Waals surface area contributed by atoms with Gasteiger partial charge in [0.05, 0.1) is 0 Å².